The number of nitrogens with two attached hydrogens (primary N) is 1. The normalized spacial score (nSPS) is 12.9. The van der Waals surface area contributed by atoms with Crippen molar-refractivity contribution in [3.05, 3.63) is 35.0 Å². The van der Waals surface area contributed by atoms with E-state index in [1.165, 1.54) is 6.26 Å². The summed E-state index contributed by atoms with van der Waals surface area (Å²) in [6, 6.07) is 1.32. The Morgan fingerprint density at radius 1 is 1.55 bits per heavy atom. The van der Waals surface area contributed by atoms with E-state index in [2.05, 4.69) is 10.00 Å². The maximum absolute atomic E-state index is 6.29. The van der Waals surface area contributed by atoms with Gasteiger partial charge >= 0.3 is 0 Å². The Kier molecular flexibility index (Phi) is 4.69. The number of aromatic nitrogens is 2. The molecule has 2 heterocycles. The van der Waals surface area contributed by atoms with E-state index in [0.717, 1.165) is 24.3 Å². The Labute approximate surface area is 123 Å². The first-order valence-corrected chi connectivity index (χ1v) is 6.65. The van der Waals surface area contributed by atoms with Crippen LogP contribution in [0.2, 0.25) is 5.22 Å². The molecular formula is C13H19ClN4O2. The Balaban J connectivity index is 2.33. The molecule has 0 aliphatic carbocycles. The molecule has 0 aromatic carbocycles. The molecule has 7 heteroatoms. The second-order valence-corrected chi connectivity index (χ2v) is 5.10. The van der Waals surface area contributed by atoms with Crippen molar-refractivity contribution < 1.29 is 9.15 Å². The van der Waals surface area contributed by atoms with E-state index in [0.29, 0.717) is 11.0 Å². The fourth-order valence-corrected chi connectivity index (χ4v) is 2.23. The number of hydrogen-bond acceptors (Lipinski definition) is 5. The molecule has 6 nitrogen and oxygen atoms in total. The number of halogens is 1. The fourth-order valence-electron chi connectivity index (χ4n) is 2.00. The molecule has 0 spiro atoms. The Morgan fingerprint density at radius 2 is 2.30 bits per heavy atom. The SMILES string of the molecule is COc1cnn(CCN(C)C)c1C(N)c1ccoc1Cl. The third-order valence-electron chi connectivity index (χ3n) is 3.10. The molecule has 110 valence electrons. The maximum atomic E-state index is 6.29. The Morgan fingerprint density at radius 3 is 2.85 bits per heavy atom. The van der Waals surface area contributed by atoms with Crippen LogP contribution in [0.4, 0.5) is 0 Å². The highest BCUT2D eigenvalue weighted by molar-refractivity contribution is 6.29. The lowest BCUT2D eigenvalue weighted by Gasteiger charge is -2.16. The van der Waals surface area contributed by atoms with Crippen LogP contribution in [-0.2, 0) is 6.54 Å². The van der Waals surface area contributed by atoms with Crippen molar-refractivity contribution in [2.75, 3.05) is 27.7 Å². The number of furan rings is 1. The molecule has 0 aliphatic heterocycles. The minimum atomic E-state index is -0.444. The summed E-state index contributed by atoms with van der Waals surface area (Å²) in [6.07, 6.45) is 3.18. The van der Waals surface area contributed by atoms with E-state index < -0.39 is 6.04 Å². The molecule has 0 saturated carbocycles. The predicted molar refractivity (Wildman–Crippen MR) is 77.1 cm³/mol. The van der Waals surface area contributed by atoms with Crippen LogP contribution in [0.1, 0.15) is 17.3 Å². The van der Waals surface area contributed by atoms with Gasteiger partial charge in [0.1, 0.15) is 5.69 Å². The lowest BCUT2D eigenvalue weighted by Crippen LogP contribution is -2.23. The largest absolute Gasteiger partial charge is 0.493 e. The summed E-state index contributed by atoms with van der Waals surface area (Å²) in [6.45, 7) is 1.57. The van der Waals surface area contributed by atoms with Crippen molar-refractivity contribution >= 4 is 11.6 Å². The molecule has 20 heavy (non-hydrogen) atoms. The molecule has 2 rings (SSSR count). The molecule has 0 saturated heterocycles. The van der Waals surface area contributed by atoms with Crippen molar-refractivity contribution in [3.8, 4) is 5.75 Å². The highest BCUT2D eigenvalue weighted by atomic mass is 35.5. The van der Waals surface area contributed by atoms with Gasteiger partial charge in [-0.3, -0.25) is 4.68 Å². The van der Waals surface area contributed by atoms with Crippen molar-refractivity contribution in [2.24, 2.45) is 5.73 Å². The monoisotopic (exact) mass is 298 g/mol. The van der Waals surface area contributed by atoms with Crippen LogP contribution < -0.4 is 10.5 Å². The van der Waals surface area contributed by atoms with Crippen LogP contribution >= 0.6 is 11.6 Å². The summed E-state index contributed by atoms with van der Waals surface area (Å²) >= 11 is 6.00. The van der Waals surface area contributed by atoms with E-state index in [9.17, 15) is 0 Å². The Bertz CT molecular complexity index is 564. The van der Waals surface area contributed by atoms with E-state index in [1.807, 2.05) is 18.8 Å². The lowest BCUT2D eigenvalue weighted by atomic mass is 10.1. The molecule has 2 aromatic rings. The lowest BCUT2D eigenvalue weighted by molar-refractivity contribution is 0.363. The highest BCUT2D eigenvalue weighted by Gasteiger charge is 2.23. The van der Waals surface area contributed by atoms with Crippen LogP contribution in [0.25, 0.3) is 0 Å². The van der Waals surface area contributed by atoms with E-state index >= 15 is 0 Å². The summed E-state index contributed by atoms with van der Waals surface area (Å²) < 4.78 is 12.3. The van der Waals surface area contributed by atoms with Crippen LogP contribution in [-0.4, -0.2) is 42.4 Å². The van der Waals surface area contributed by atoms with Gasteiger partial charge in [0.15, 0.2) is 11.0 Å². The van der Waals surface area contributed by atoms with Gasteiger partial charge in [0, 0.05) is 12.1 Å². The van der Waals surface area contributed by atoms with E-state index in [-0.39, 0.29) is 0 Å². The average Bonchev–Trinajstić information content (AvgIpc) is 3.01. The standard InChI is InChI=1S/C13H19ClN4O2/c1-17(2)5-6-18-12(10(19-3)8-16-18)11(15)9-4-7-20-13(9)14/h4,7-8,11H,5-6,15H2,1-3H3. The van der Waals surface area contributed by atoms with Crippen molar-refractivity contribution in [3.63, 3.8) is 0 Å². The fraction of sp³-hybridized carbons (Fsp3) is 0.462. The number of methoxy groups -OCH3 is 1. The third kappa shape index (κ3) is 2.98. The van der Waals surface area contributed by atoms with Crippen LogP contribution in [0, 0.1) is 0 Å². The van der Waals surface area contributed by atoms with Gasteiger partial charge in [0.2, 0.25) is 0 Å². The number of ether oxygens (including phenoxy) is 1. The molecule has 1 unspecified atom stereocenters. The van der Waals surface area contributed by atoms with Gasteiger partial charge in [-0.05, 0) is 31.8 Å². The summed E-state index contributed by atoms with van der Waals surface area (Å²) in [4.78, 5) is 2.08. The summed E-state index contributed by atoms with van der Waals surface area (Å²) in [5, 5.41) is 4.62. The van der Waals surface area contributed by atoms with Crippen LogP contribution in [0.3, 0.4) is 0 Å². The van der Waals surface area contributed by atoms with Gasteiger partial charge in [-0.2, -0.15) is 5.10 Å². The minimum Gasteiger partial charge on any atom is -0.493 e. The van der Waals surface area contributed by atoms with E-state index in [1.54, 1.807) is 19.4 Å². The van der Waals surface area contributed by atoms with Crippen LogP contribution in [0.5, 0.6) is 5.75 Å². The topological polar surface area (TPSA) is 69.5 Å². The zero-order valence-corrected chi connectivity index (χ0v) is 12.6. The van der Waals surface area contributed by atoms with E-state index in [4.69, 9.17) is 26.5 Å². The highest BCUT2D eigenvalue weighted by Crippen LogP contribution is 2.32. The molecule has 0 aliphatic rings. The van der Waals surface area contributed by atoms with Gasteiger partial charge < -0.3 is 19.8 Å². The first kappa shape index (κ1) is 14.9. The van der Waals surface area contributed by atoms with Gasteiger partial charge in [0.05, 0.1) is 32.2 Å². The molecule has 2 N–H and O–H groups in total. The predicted octanol–water partition coefficient (Wildman–Crippen LogP) is 1.75. The number of rotatable bonds is 6. The smallest absolute Gasteiger partial charge is 0.198 e. The first-order chi connectivity index (χ1) is 9.54. The van der Waals surface area contributed by atoms with Gasteiger partial charge in [-0.1, -0.05) is 0 Å². The summed E-state index contributed by atoms with van der Waals surface area (Å²) in [5.74, 6) is 0.647. The molecule has 0 bridgehead atoms. The zero-order valence-electron chi connectivity index (χ0n) is 11.8. The summed E-state index contributed by atoms with van der Waals surface area (Å²) in [7, 11) is 5.61. The summed E-state index contributed by atoms with van der Waals surface area (Å²) in [5.41, 5.74) is 7.80. The molecule has 0 fully saturated rings. The van der Waals surface area contributed by atoms with Crippen molar-refractivity contribution in [1.82, 2.24) is 14.7 Å². The molecule has 1 atom stereocenters. The first-order valence-electron chi connectivity index (χ1n) is 6.27. The molecular weight excluding hydrogens is 280 g/mol. The quantitative estimate of drug-likeness (QED) is 0.880. The maximum Gasteiger partial charge on any atom is 0.198 e. The number of likely N-dealkylation sites (N-methyl/N-ethyl adjacent to an activating group) is 1. The molecule has 2 aromatic heterocycles. The van der Waals surface area contributed by atoms with Gasteiger partial charge in [0.25, 0.3) is 0 Å². The Hall–Kier alpha value is -1.50. The van der Waals surface area contributed by atoms with Gasteiger partial charge in [-0.15, -0.1) is 0 Å². The second kappa shape index (κ2) is 6.30. The average molecular weight is 299 g/mol. The van der Waals surface area contributed by atoms with Crippen molar-refractivity contribution in [2.45, 2.75) is 12.6 Å². The minimum absolute atomic E-state index is 0.292. The second-order valence-electron chi connectivity index (χ2n) is 4.75. The van der Waals surface area contributed by atoms with Crippen LogP contribution in [0.15, 0.2) is 22.9 Å². The number of nitrogens with zero attached hydrogens (tertiary/aromatic N) is 3. The third-order valence-corrected chi connectivity index (χ3v) is 3.41. The number of hydrogen-bond donors (Lipinski definition) is 1. The van der Waals surface area contributed by atoms with Gasteiger partial charge in [-0.25, -0.2) is 0 Å². The molecule has 0 radical (unpaired) electrons. The molecule has 0 amide bonds. The van der Waals surface area contributed by atoms with Crippen molar-refractivity contribution in [1.29, 1.82) is 0 Å². The zero-order chi connectivity index (χ0) is 14.7.